The summed E-state index contributed by atoms with van der Waals surface area (Å²) >= 11 is 6.31. The summed E-state index contributed by atoms with van der Waals surface area (Å²) in [7, 11) is -0.390. The molecule has 2 aliphatic heterocycles. The molecule has 0 radical (unpaired) electrons. The molecule has 0 atom stereocenters. The van der Waals surface area contributed by atoms with Crippen molar-refractivity contribution in [2.45, 2.75) is 58.2 Å². The van der Waals surface area contributed by atoms with Gasteiger partial charge in [-0.3, -0.25) is 0 Å². The van der Waals surface area contributed by atoms with Crippen molar-refractivity contribution in [3.05, 3.63) is 17.4 Å². The molecule has 120 valence electrons. The zero-order valence-electron chi connectivity index (χ0n) is 13.9. The zero-order valence-corrected chi connectivity index (χ0v) is 14.6. The molecule has 0 unspecified atom stereocenters. The predicted octanol–water partition coefficient (Wildman–Crippen LogP) is 3.02. The minimum Gasteiger partial charge on any atom is -0.399 e. The molecule has 0 spiro atoms. The molecule has 22 heavy (non-hydrogen) atoms. The summed E-state index contributed by atoms with van der Waals surface area (Å²) in [6.07, 6.45) is 5.46. The lowest BCUT2D eigenvalue weighted by molar-refractivity contribution is 0.00578. The summed E-state index contributed by atoms with van der Waals surface area (Å²) in [4.78, 5) is 6.67. The molecular formula is C16H24BClN2O2. The molecule has 2 saturated heterocycles. The predicted molar refractivity (Wildman–Crippen MR) is 91.0 cm³/mol. The van der Waals surface area contributed by atoms with Gasteiger partial charge < -0.3 is 14.2 Å². The molecule has 0 saturated carbocycles. The molecular weight excluding hydrogens is 298 g/mol. The van der Waals surface area contributed by atoms with Gasteiger partial charge in [0.2, 0.25) is 0 Å². The number of pyridine rings is 1. The van der Waals surface area contributed by atoms with E-state index in [2.05, 4.69) is 43.6 Å². The van der Waals surface area contributed by atoms with E-state index in [0.29, 0.717) is 5.15 Å². The van der Waals surface area contributed by atoms with Crippen LogP contribution < -0.4 is 10.4 Å². The van der Waals surface area contributed by atoms with Crippen LogP contribution in [0.5, 0.6) is 0 Å². The average Bonchev–Trinajstić information content (AvgIpc) is 2.69. The highest BCUT2D eigenvalue weighted by Gasteiger charge is 2.51. The Bertz CT molecular complexity index is 543. The second-order valence-electron chi connectivity index (χ2n) is 7.21. The lowest BCUT2D eigenvalue weighted by atomic mass is 9.80. The third kappa shape index (κ3) is 2.86. The highest BCUT2D eigenvalue weighted by molar-refractivity contribution is 6.62. The van der Waals surface area contributed by atoms with Crippen LogP contribution in [0.3, 0.4) is 0 Å². The van der Waals surface area contributed by atoms with E-state index in [9.17, 15) is 0 Å². The first kappa shape index (κ1) is 16.1. The molecule has 1 aromatic rings. The highest BCUT2D eigenvalue weighted by Crippen LogP contribution is 2.37. The van der Waals surface area contributed by atoms with Crippen LogP contribution in [0.15, 0.2) is 12.3 Å². The Labute approximate surface area is 138 Å². The fourth-order valence-electron chi connectivity index (χ4n) is 2.92. The van der Waals surface area contributed by atoms with E-state index in [1.807, 2.05) is 0 Å². The number of anilines is 1. The maximum absolute atomic E-state index is 6.31. The Morgan fingerprint density at radius 3 is 2.27 bits per heavy atom. The Kier molecular flexibility index (Phi) is 4.17. The largest absolute Gasteiger partial charge is 0.496 e. The second-order valence-corrected chi connectivity index (χ2v) is 7.57. The molecule has 6 heteroatoms. The van der Waals surface area contributed by atoms with Crippen LogP contribution in [0.4, 0.5) is 5.69 Å². The van der Waals surface area contributed by atoms with Crippen LogP contribution in [0.2, 0.25) is 5.15 Å². The lowest BCUT2D eigenvalue weighted by Crippen LogP contribution is -2.41. The van der Waals surface area contributed by atoms with Crippen molar-refractivity contribution >= 4 is 29.9 Å². The van der Waals surface area contributed by atoms with E-state index in [1.165, 1.54) is 19.3 Å². The van der Waals surface area contributed by atoms with Gasteiger partial charge in [-0.05, 0) is 53.0 Å². The molecule has 2 fully saturated rings. The molecule has 0 aromatic carbocycles. The van der Waals surface area contributed by atoms with Crippen LogP contribution >= 0.6 is 11.6 Å². The summed E-state index contributed by atoms with van der Waals surface area (Å²) in [5, 5.41) is 0.558. The number of piperidine rings is 1. The van der Waals surface area contributed by atoms with Gasteiger partial charge in [-0.15, -0.1) is 0 Å². The molecule has 3 heterocycles. The van der Waals surface area contributed by atoms with Gasteiger partial charge in [0, 0.05) is 24.7 Å². The maximum Gasteiger partial charge on any atom is 0.496 e. The van der Waals surface area contributed by atoms with Crippen molar-refractivity contribution in [2.24, 2.45) is 0 Å². The van der Waals surface area contributed by atoms with Gasteiger partial charge in [0.05, 0.1) is 16.9 Å². The number of nitrogens with zero attached hydrogens (tertiary/aromatic N) is 2. The number of hydrogen-bond acceptors (Lipinski definition) is 4. The maximum atomic E-state index is 6.31. The second kappa shape index (κ2) is 5.70. The van der Waals surface area contributed by atoms with Gasteiger partial charge in [-0.1, -0.05) is 11.6 Å². The van der Waals surface area contributed by atoms with Gasteiger partial charge in [0.25, 0.3) is 0 Å². The first-order valence-electron chi connectivity index (χ1n) is 8.06. The Balaban J connectivity index is 1.87. The molecule has 2 aliphatic rings. The molecule has 0 amide bonds. The monoisotopic (exact) mass is 322 g/mol. The van der Waals surface area contributed by atoms with Gasteiger partial charge in [-0.2, -0.15) is 0 Å². The van der Waals surface area contributed by atoms with Crippen molar-refractivity contribution in [2.75, 3.05) is 18.0 Å². The third-order valence-corrected chi connectivity index (χ3v) is 5.36. The van der Waals surface area contributed by atoms with Crippen LogP contribution in [-0.2, 0) is 9.31 Å². The van der Waals surface area contributed by atoms with Gasteiger partial charge in [0.15, 0.2) is 5.15 Å². The fraction of sp³-hybridized carbons (Fsp3) is 0.688. The minimum absolute atomic E-state index is 0.345. The normalized spacial score (nSPS) is 23.9. The third-order valence-electron chi connectivity index (χ3n) is 5.06. The van der Waals surface area contributed by atoms with Crippen LogP contribution in [0, 0.1) is 0 Å². The topological polar surface area (TPSA) is 34.6 Å². The first-order valence-corrected chi connectivity index (χ1v) is 8.44. The highest BCUT2D eigenvalue weighted by atomic mass is 35.5. The number of rotatable bonds is 2. The molecule has 4 nitrogen and oxygen atoms in total. The molecule has 3 rings (SSSR count). The number of aromatic nitrogens is 1. The first-order chi connectivity index (χ1) is 10.3. The summed E-state index contributed by atoms with van der Waals surface area (Å²) in [5.74, 6) is 0. The van der Waals surface area contributed by atoms with Crippen molar-refractivity contribution in [1.82, 2.24) is 4.98 Å². The standard InChI is InChI=1S/C16H24BClN2O2/c1-15(2)16(3,4)22-17(21-15)12-10-13(14(18)19-11-12)20-8-6-5-7-9-20/h10-11H,5-9H2,1-4H3. The average molecular weight is 323 g/mol. The SMILES string of the molecule is CC1(C)OB(c2cnc(Cl)c(N3CCCCC3)c2)OC1(C)C. The summed E-state index contributed by atoms with van der Waals surface area (Å²) in [5.41, 5.74) is 1.24. The summed E-state index contributed by atoms with van der Waals surface area (Å²) < 4.78 is 12.2. The zero-order chi connectivity index (χ0) is 16.0. The number of hydrogen-bond donors (Lipinski definition) is 0. The van der Waals surface area contributed by atoms with Crippen molar-refractivity contribution in [3.63, 3.8) is 0 Å². The van der Waals surface area contributed by atoms with Crippen molar-refractivity contribution in [3.8, 4) is 0 Å². The Morgan fingerprint density at radius 1 is 1.09 bits per heavy atom. The van der Waals surface area contributed by atoms with E-state index in [-0.39, 0.29) is 11.2 Å². The fourth-order valence-corrected chi connectivity index (χ4v) is 3.14. The molecule has 0 bridgehead atoms. The van der Waals surface area contributed by atoms with Gasteiger partial charge >= 0.3 is 7.12 Å². The van der Waals surface area contributed by atoms with Crippen LogP contribution in [0.25, 0.3) is 0 Å². The molecule has 1 aromatic heterocycles. The van der Waals surface area contributed by atoms with Crippen LogP contribution in [0.1, 0.15) is 47.0 Å². The van der Waals surface area contributed by atoms with E-state index < -0.39 is 7.12 Å². The Morgan fingerprint density at radius 2 is 1.68 bits per heavy atom. The lowest BCUT2D eigenvalue weighted by Gasteiger charge is -2.32. The minimum atomic E-state index is -0.390. The number of halogens is 1. The smallest absolute Gasteiger partial charge is 0.399 e. The van der Waals surface area contributed by atoms with Crippen LogP contribution in [-0.4, -0.2) is 36.4 Å². The quantitative estimate of drug-likeness (QED) is 0.619. The van der Waals surface area contributed by atoms with E-state index in [4.69, 9.17) is 20.9 Å². The van der Waals surface area contributed by atoms with E-state index in [1.54, 1.807) is 6.20 Å². The Hall–Kier alpha value is -0.775. The van der Waals surface area contributed by atoms with E-state index in [0.717, 1.165) is 24.2 Å². The van der Waals surface area contributed by atoms with E-state index >= 15 is 0 Å². The molecule has 0 aliphatic carbocycles. The summed E-state index contributed by atoms with van der Waals surface area (Å²) in [6.45, 7) is 10.3. The van der Waals surface area contributed by atoms with Crippen molar-refractivity contribution < 1.29 is 9.31 Å². The van der Waals surface area contributed by atoms with Gasteiger partial charge in [-0.25, -0.2) is 4.98 Å². The molecule has 0 N–H and O–H groups in total. The summed E-state index contributed by atoms with van der Waals surface area (Å²) in [6, 6.07) is 2.07. The van der Waals surface area contributed by atoms with Crippen molar-refractivity contribution in [1.29, 1.82) is 0 Å². The van der Waals surface area contributed by atoms with Gasteiger partial charge in [0.1, 0.15) is 0 Å².